The van der Waals surface area contributed by atoms with E-state index < -0.39 is 12.0 Å². The third-order valence-electron chi connectivity index (χ3n) is 4.91. The highest BCUT2D eigenvalue weighted by atomic mass is 16.5. The van der Waals surface area contributed by atoms with E-state index in [-0.39, 0.29) is 11.2 Å². The Morgan fingerprint density at radius 2 is 2.15 bits per heavy atom. The van der Waals surface area contributed by atoms with Gasteiger partial charge in [-0.3, -0.25) is 9.78 Å². The number of carbonyl (C=O) groups excluding carboxylic acids is 2. The van der Waals surface area contributed by atoms with Crippen molar-refractivity contribution in [3.8, 4) is 0 Å². The normalized spacial score (nSPS) is 20.9. The van der Waals surface area contributed by atoms with Crippen LogP contribution >= 0.6 is 0 Å². The highest BCUT2D eigenvalue weighted by molar-refractivity contribution is 6.01. The molecule has 7 nitrogen and oxygen atoms in total. The molecule has 0 amide bonds. The number of ketones is 1. The van der Waals surface area contributed by atoms with Crippen LogP contribution in [-0.4, -0.2) is 33.6 Å². The summed E-state index contributed by atoms with van der Waals surface area (Å²) in [6, 6.07) is 3.35. The number of hydrogen-bond donors (Lipinski definition) is 1. The summed E-state index contributed by atoms with van der Waals surface area (Å²) in [6.45, 7) is 4.14. The van der Waals surface area contributed by atoms with Crippen LogP contribution in [0, 0.1) is 5.41 Å². The molecule has 2 aliphatic rings. The van der Waals surface area contributed by atoms with E-state index in [0.29, 0.717) is 23.4 Å². The number of aromatic nitrogens is 3. The van der Waals surface area contributed by atoms with Crippen LogP contribution in [0.2, 0.25) is 0 Å². The van der Waals surface area contributed by atoms with Crippen molar-refractivity contribution in [1.82, 2.24) is 14.8 Å². The minimum Gasteiger partial charge on any atom is -0.465 e. The molecule has 0 saturated heterocycles. The van der Waals surface area contributed by atoms with Gasteiger partial charge in [-0.25, -0.2) is 9.48 Å². The summed E-state index contributed by atoms with van der Waals surface area (Å²) in [5.41, 5.74) is 2.61. The molecule has 0 spiro atoms. The van der Waals surface area contributed by atoms with Gasteiger partial charge in [-0.2, -0.15) is 5.10 Å². The van der Waals surface area contributed by atoms with E-state index in [1.165, 1.54) is 13.3 Å². The number of allylic oxidation sites excluding steroid dienone is 2. The number of anilines is 1. The van der Waals surface area contributed by atoms with Crippen molar-refractivity contribution in [2.45, 2.75) is 32.7 Å². The van der Waals surface area contributed by atoms with Gasteiger partial charge in [0, 0.05) is 30.1 Å². The van der Waals surface area contributed by atoms with E-state index in [1.54, 1.807) is 17.1 Å². The molecule has 1 atom stereocenters. The summed E-state index contributed by atoms with van der Waals surface area (Å²) in [5.74, 6) is 0.183. The molecule has 1 N–H and O–H groups in total. The second-order valence-corrected chi connectivity index (χ2v) is 7.49. The predicted molar refractivity (Wildman–Crippen MR) is 94.6 cm³/mol. The van der Waals surface area contributed by atoms with Crippen LogP contribution in [-0.2, 0) is 9.53 Å². The molecule has 0 bridgehead atoms. The van der Waals surface area contributed by atoms with Crippen LogP contribution in [0.15, 0.2) is 42.0 Å². The SMILES string of the molecule is COC(=O)c1cnn2c1NC1=C(C(=O)CC(C)(C)C1)[C@H]2c1cccnc1. The molecule has 2 aromatic heterocycles. The maximum atomic E-state index is 13.0. The first kappa shape index (κ1) is 16.5. The molecule has 1 aliphatic heterocycles. The molecule has 134 valence electrons. The largest absolute Gasteiger partial charge is 0.465 e. The quantitative estimate of drug-likeness (QED) is 0.837. The zero-order chi connectivity index (χ0) is 18.5. The van der Waals surface area contributed by atoms with Crippen molar-refractivity contribution in [1.29, 1.82) is 0 Å². The number of ether oxygens (including phenoxy) is 1. The van der Waals surface area contributed by atoms with E-state index >= 15 is 0 Å². The first-order chi connectivity index (χ1) is 12.4. The molecular formula is C19H20N4O3. The number of carbonyl (C=O) groups is 2. The van der Waals surface area contributed by atoms with Gasteiger partial charge in [0.15, 0.2) is 5.78 Å². The van der Waals surface area contributed by atoms with E-state index in [0.717, 1.165) is 17.7 Å². The van der Waals surface area contributed by atoms with Crippen LogP contribution in [0.25, 0.3) is 0 Å². The van der Waals surface area contributed by atoms with Gasteiger partial charge < -0.3 is 10.1 Å². The monoisotopic (exact) mass is 352 g/mol. The standard InChI is InChI=1S/C19H20N4O3/c1-19(2)7-13-15(14(24)8-19)16(11-5-4-6-20-9-11)23-17(22-13)12(10-21-23)18(25)26-3/h4-6,9-10,16,22H,7-8H2,1-3H3/t16-/m1/s1. The Balaban J connectivity index is 1.92. The number of esters is 1. The van der Waals surface area contributed by atoms with Crippen molar-refractivity contribution >= 4 is 17.6 Å². The van der Waals surface area contributed by atoms with Gasteiger partial charge >= 0.3 is 5.97 Å². The topological polar surface area (TPSA) is 86.1 Å². The van der Waals surface area contributed by atoms with E-state index in [9.17, 15) is 9.59 Å². The summed E-state index contributed by atoms with van der Waals surface area (Å²) in [4.78, 5) is 29.3. The van der Waals surface area contributed by atoms with Crippen molar-refractivity contribution < 1.29 is 14.3 Å². The maximum absolute atomic E-state index is 13.0. The predicted octanol–water partition coefficient (Wildman–Crippen LogP) is 2.72. The minimum absolute atomic E-state index is 0.0957. The first-order valence-corrected chi connectivity index (χ1v) is 8.50. The lowest BCUT2D eigenvalue weighted by molar-refractivity contribution is -0.118. The average molecular weight is 352 g/mol. The number of nitrogens with zero attached hydrogens (tertiary/aromatic N) is 3. The van der Waals surface area contributed by atoms with Gasteiger partial charge in [-0.15, -0.1) is 0 Å². The number of pyridine rings is 1. The van der Waals surface area contributed by atoms with Crippen LogP contribution in [0.5, 0.6) is 0 Å². The number of Topliss-reactive ketones (excluding diaryl/α,β-unsaturated/α-hetero) is 1. The molecule has 0 unspecified atom stereocenters. The number of fused-ring (bicyclic) bond motifs is 1. The smallest absolute Gasteiger partial charge is 0.343 e. The first-order valence-electron chi connectivity index (χ1n) is 8.50. The Bertz CT molecular complexity index is 928. The second kappa shape index (κ2) is 5.79. The highest BCUT2D eigenvalue weighted by Gasteiger charge is 2.42. The van der Waals surface area contributed by atoms with Gasteiger partial charge in [0.05, 0.1) is 13.3 Å². The van der Waals surface area contributed by atoms with E-state index in [1.807, 2.05) is 12.1 Å². The summed E-state index contributed by atoms with van der Waals surface area (Å²) in [5, 5.41) is 7.67. The Morgan fingerprint density at radius 3 is 2.85 bits per heavy atom. The molecule has 7 heteroatoms. The van der Waals surface area contributed by atoms with Crippen molar-refractivity contribution in [2.24, 2.45) is 5.41 Å². The lowest BCUT2D eigenvalue weighted by Gasteiger charge is -2.38. The zero-order valence-electron chi connectivity index (χ0n) is 14.9. The molecule has 0 aromatic carbocycles. The van der Waals surface area contributed by atoms with Gasteiger partial charge in [-0.05, 0) is 23.5 Å². The fourth-order valence-corrected chi connectivity index (χ4v) is 3.82. The molecule has 3 heterocycles. The number of methoxy groups -OCH3 is 1. The van der Waals surface area contributed by atoms with Crippen LogP contribution < -0.4 is 5.32 Å². The zero-order valence-corrected chi connectivity index (χ0v) is 14.9. The Hall–Kier alpha value is -2.96. The third kappa shape index (κ3) is 2.51. The number of nitrogens with one attached hydrogen (secondary N) is 1. The molecule has 26 heavy (non-hydrogen) atoms. The third-order valence-corrected chi connectivity index (χ3v) is 4.91. The van der Waals surface area contributed by atoms with Crippen molar-refractivity contribution in [2.75, 3.05) is 12.4 Å². The summed E-state index contributed by atoms with van der Waals surface area (Å²) < 4.78 is 6.55. The summed E-state index contributed by atoms with van der Waals surface area (Å²) in [7, 11) is 1.34. The van der Waals surface area contributed by atoms with Gasteiger partial charge in [0.1, 0.15) is 17.4 Å². The summed E-state index contributed by atoms with van der Waals surface area (Å²) in [6.07, 6.45) is 6.10. The molecule has 4 rings (SSSR count). The molecule has 0 saturated carbocycles. The molecule has 2 aromatic rings. The lowest BCUT2D eigenvalue weighted by atomic mass is 9.73. The second-order valence-electron chi connectivity index (χ2n) is 7.49. The molecular weight excluding hydrogens is 332 g/mol. The van der Waals surface area contributed by atoms with Crippen LogP contribution in [0.1, 0.15) is 48.7 Å². The van der Waals surface area contributed by atoms with E-state index in [4.69, 9.17) is 4.74 Å². The summed E-state index contributed by atoms with van der Waals surface area (Å²) >= 11 is 0. The number of hydrogen-bond acceptors (Lipinski definition) is 6. The van der Waals surface area contributed by atoms with Gasteiger partial charge in [0.25, 0.3) is 0 Å². The van der Waals surface area contributed by atoms with Gasteiger partial charge in [0.2, 0.25) is 0 Å². The van der Waals surface area contributed by atoms with Crippen molar-refractivity contribution in [3.05, 3.63) is 53.1 Å². The van der Waals surface area contributed by atoms with Crippen molar-refractivity contribution in [3.63, 3.8) is 0 Å². The maximum Gasteiger partial charge on any atom is 0.343 e. The fraction of sp³-hybridized carbons (Fsp3) is 0.368. The van der Waals surface area contributed by atoms with Crippen LogP contribution in [0.3, 0.4) is 0 Å². The Labute approximate surface area is 151 Å². The lowest BCUT2D eigenvalue weighted by Crippen LogP contribution is -2.36. The van der Waals surface area contributed by atoms with Gasteiger partial charge in [-0.1, -0.05) is 19.9 Å². The average Bonchev–Trinajstić information content (AvgIpc) is 3.02. The Morgan fingerprint density at radius 1 is 1.35 bits per heavy atom. The number of rotatable bonds is 2. The molecule has 1 aliphatic carbocycles. The fourth-order valence-electron chi connectivity index (χ4n) is 3.82. The Kier molecular flexibility index (Phi) is 3.68. The molecule has 0 radical (unpaired) electrons. The highest BCUT2D eigenvalue weighted by Crippen LogP contribution is 2.46. The molecule has 0 fully saturated rings. The minimum atomic E-state index is -0.464. The van der Waals surface area contributed by atoms with E-state index in [2.05, 4.69) is 29.2 Å². The van der Waals surface area contributed by atoms with Crippen LogP contribution in [0.4, 0.5) is 5.82 Å².